The number of hydrogen-bond acceptors (Lipinski definition) is 8. The van der Waals surface area contributed by atoms with E-state index in [1.54, 1.807) is 32.0 Å². The van der Waals surface area contributed by atoms with Gasteiger partial charge in [0.1, 0.15) is 29.7 Å². The van der Waals surface area contributed by atoms with Crippen LogP contribution in [-0.2, 0) is 6.54 Å². The smallest absolute Gasteiger partial charge is 0.272 e. The second-order valence-corrected chi connectivity index (χ2v) is 8.81. The van der Waals surface area contributed by atoms with Crippen molar-refractivity contribution in [3.63, 3.8) is 0 Å². The molecule has 2 aromatic heterocycles. The number of aliphatic hydroxyl groups is 1. The third-order valence-corrected chi connectivity index (χ3v) is 5.38. The molecule has 5 rings (SSSR count). The lowest BCUT2D eigenvalue weighted by molar-refractivity contribution is 0.0913. The number of tetrazole rings is 1. The maximum absolute atomic E-state index is 13.0. The summed E-state index contributed by atoms with van der Waals surface area (Å²) in [5, 5.41) is 39.2. The van der Waals surface area contributed by atoms with Crippen molar-refractivity contribution in [3.05, 3.63) is 77.2 Å². The van der Waals surface area contributed by atoms with Gasteiger partial charge >= 0.3 is 0 Å². The first-order chi connectivity index (χ1) is 17.3. The maximum Gasteiger partial charge on any atom is 0.272 e. The van der Waals surface area contributed by atoms with Crippen LogP contribution >= 0.6 is 0 Å². The van der Waals surface area contributed by atoms with E-state index in [0.29, 0.717) is 29.4 Å². The molecule has 1 atom stereocenters. The molecule has 0 unspecified atom stereocenters. The van der Waals surface area contributed by atoms with Gasteiger partial charge in [-0.25, -0.2) is 4.68 Å². The fraction of sp³-hybridized carbons (Fsp3) is 0.240. The molecule has 1 aliphatic rings. The molecule has 3 N–H and O–H groups in total. The summed E-state index contributed by atoms with van der Waals surface area (Å²) >= 11 is 0. The number of rotatable bonds is 4. The number of nitrogens with zero attached hydrogens (tertiary/aromatic N) is 6. The van der Waals surface area contributed by atoms with Gasteiger partial charge < -0.3 is 20.3 Å². The summed E-state index contributed by atoms with van der Waals surface area (Å²) in [5.41, 5.74) is 1.04. The van der Waals surface area contributed by atoms with Crippen molar-refractivity contribution >= 4 is 5.91 Å². The third-order valence-electron chi connectivity index (χ3n) is 5.38. The van der Waals surface area contributed by atoms with Gasteiger partial charge in [0.2, 0.25) is 5.88 Å². The summed E-state index contributed by atoms with van der Waals surface area (Å²) in [6, 6.07) is 15.4. The fourth-order valence-electron chi connectivity index (χ4n) is 3.67. The van der Waals surface area contributed by atoms with E-state index in [4.69, 9.17) is 4.74 Å². The number of ether oxygens (including phenoxy) is 1. The molecular formula is C25H23N7O4. The first-order valence-corrected chi connectivity index (χ1v) is 11.2. The molecule has 182 valence electrons. The van der Waals surface area contributed by atoms with Crippen LogP contribution in [0, 0.1) is 11.8 Å². The first-order valence-electron chi connectivity index (χ1n) is 11.2. The molecule has 0 radical (unpaired) electrons. The molecule has 1 amide bonds. The molecule has 11 nitrogen and oxygen atoms in total. The van der Waals surface area contributed by atoms with E-state index in [1.165, 1.54) is 15.4 Å². The summed E-state index contributed by atoms with van der Waals surface area (Å²) in [4.78, 5) is 13.0. The van der Waals surface area contributed by atoms with Crippen LogP contribution in [0.3, 0.4) is 0 Å². The number of hydrogen-bond donors (Lipinski definition) is 3. The van der Waals surface area contributed by atoms with Crippen LogP contribution < -0.4 is 10.1 Å². The summed E-state index contributed by atoms with van der Waals surface area (Å²) in [7, 11) is 0. The predicted molar refractivity (Wildman–Crippen MR) is 127 cm³/mol. The summed E-state index contributed by atoms with van der Waals surface area (Å²) in [6.45, 7) is 3.59. The van der Waals surface area contributed by atoms with Gasteiger partial charge in [-0.15, -0.1) is 5.10 Å². The normalized spacial score (nSPS) is 14.5. The lowest BCUT2D eigenvalue weighted by atomic mass is 10.1. The second kappa shape index (κ2) is 9.16. The Hall–Kier alpha value is -4.69. The van der Waals surface area contributed by atoms with Crippen molar-refractivity contribution in [2.45, 2.75) is 32.0 Å². The Balaban J connectivity index is 1.37. The van der Waals surface area contributed by atoms with Gasteiger partial charge in [-0.2, -0.15) is 9.78 Å². The van der Waals surface area contributed by atoms with Crippen molar-refractivity contribution in [1.82, 2.24) is 35.3 Å². The van der Waals surface area contributed by atoms with Gasteiger partial charge in [0.15, 0.2) is 11.5 Å². The Morgan fingerprint density at radius 2 is 2.03 bits per heavy atom. The van der Waals surface area contributed by atoms with Crippen molar-refractivity contribution < 1.29 is 19.7 Å². The van der Waals surface area contributed by atoms with E-state index in [0.717, 1.165) is 5.56 Å². The third kappa shape index (κ3) is 4.89. The number of aromatic hydroxyl groups is 1. The van der Waals surface area contributed by atoms with Gasteiger partial charge in [0.25, 0.3) is 5.91 Å². The molecule has 2 aromatic carbocycles. The number of aromatic nitrogens is 6. The average Bonchev–Trinajstić information content (AvgIpc) is 3.45. The van der Waals surface area contributed by atoms with Crippen LogP contribution in [0.1, 0.15) is 47.3 Å². The Kier molecular flexibility index (Phi) is 5.87. The molecule has 3 heterocycles. The lowest BCUT2D eigenvalue weighted by Gasteiger charge is -2.14. The molecular weight excluding hydrogens is 462 g/mol. The van der Waals surface area contributed by atoms with Crippen LogP contribution in [0.15, 0.2) is 54.6 Å². The Bertz CT molecular complexity index is 1480. The summed E-state index contributed by atoms with van der Waals surface area (Å²) < 4.78 is 8.76. The number of amides is 1. The highest BCUT2D eigenvalue weighted by atomic mass is 16.5. The van der Waals surface area contributed by atoms with Crippen LogP contribution in [0.4, 0.5) is 0 Å². The van der Waals surface area contributed by atoms with Crippen LogP contribution in [-0.4, -0.2) is 58.3 Å². The van der Waals surface area contributed by atoms with E-state index in [1.807, 2.05) is 30.3 Å². The number of carbonyl (C=O) groups excluding carboxylic acids is 1. The summed E-state index contributed by atoms with van der Waals surface area (Å²) in [6.07, 6.45) is 0. The van der Waals surface area contributed by atoms with Gasteiger partial charge in [-0.3, -0.25) is 4.79 Å². The molecule has 0 spiro atoms. The highest BCUT2D eigenvalue weighted by Crippen LogP contribution is 2.30. The highest BCUT2D eigenvalue weighted by molar-refractivity contribution is 5.92. The monoisotopic (exact) mass is 485 g/mol. The largest absolute Gasteiger partial charge is 0.493 e. The zero-order chi connectivity index (χ0) is 25.3. The number of benzene rings is 2. The van der Waals surface area contributed by atoms with E-state index in [9.17, 15) is 15.0 Å². The van der Waals surface area contributed by atoms with Crippen molar-refractivity contribution in [2.24, 2.45) is 0 Å². The van der Waals surface area contributed by atoms with Gasteiger partial charge in [-0.05, 0) is 48.0 Å². The SMILES string of the molecule is CC(C)(O)C#Cc1ccc2c(c1)-n1nnnc1[C@@H](NC(=O)c1cc(O)n(Cc3ccccc3)n1)CO2. The second-order valence-electron chi connectivity index (χ2n) is 8.81. The number of nitrogens with one attached hydrogen (secondary N) is 1. The lowest BCUT2D eigenvalue weighted by Crippen LogP contribution is -2.33. The van der Waals surface area contributed by atoms with E-state index in [2.05, 4.69) is 37.8 Å². The Morgan fingerprint density at radius 3 is 2.81 bits per heavy atom. The summed E-state index contributed by atoms with van der Waals surface area (Å²) in [5.74, 6) is 5.94. The van der Waals surface area contributed by atoms with Crippen molar-refractivity contribution in [2.75, 3.05) is 6.61 Å². The zero-order valence-corrected chi connectivity index (χ0v) is 19.6. The van der Waals surface area contributed by atoms with Gasteiger partial charge in [0.05, 0.1) is 6.54 Å². The average molecular weight is 486 g/mol. The molecule has 0 aliphatic carbocycles. The minimum absolute atomic E-state index is 0.0494. The number of carbonyl (C=O) groups is 1. The van der Waals surface area contributed by atoms with Crippen LogP contribution in [0.5, 0.6) is 11.6 Å². The molecule has 4 aromatic rings. The van der Waals surface area contributed by atoms with E-state index >= 15 is 0 Å². The van der Waals surface area contributed by atoms with Gasteiger partial charge in [0, 0.05) is 11.6 Å². The standard InChI is InChI=1S/C25H23N7O4/c1-25(2,35)11-10-16-8-9-21-20(12-16)32-23(27-29-30-32)19(15-36-21)26-24(34)18-13-22(33)31(28-18)14-17-6-4-3-5-7-17/h3-9,12-13,19,33,35H,14-15H2,1-2H3,(H,26,34)/t19-/m0/s1. The molecule has 0 saturated heterocycles. The van der Waals surface area contributed by atoms with Crippen LogP contribution in [0.2, 0.25) is 0 Å². The van der Waals surface area contributed by atoms with Crippen LogP contribution in [0.25, 0.3) is 5.69 Å². The van der Waals surface area contributed by atoms with Crippen molar-refractivity contribution in [1.29, 1.82) is 0 Å². The predicted octanol–water partition coefficient (Wildman–Crippen LogP) is 1.60. The highest BCUT2D eigenvalue weighted by Gasteiger charge is 2.29. The Labute approximate surface area is 206 Å². The first kappa shape index (κ1) is 23.1. The van der Waals surface area contributed by atoms with Crippen molar-refractivity contribution in [3.8, 4) is 29.2 Å². The maximum atomic E-state index is 13.0. The minimum atomic E-state index is -1.14. The molecule has 1 aliphatic heterocycles. The number of fused-ring (bicyclic) bond motifs is 3. The van der Waals surface area contributed by atoms with Gasteiger partial charge in [-0.1, -0.05) is 42.2 Å². The van der Waals surface area contributed by atoms with E-state index in [-0.39, 0.29) is 18.2 Å². The topological polar surface area (TPSA) is 140 Å². The zero-order valence-electron chi connectivity index (χ0n) is 19.6. The molecule has 11 heteroatoms. The molecule has 36 heavy (non-hydrogen) atoms. The molecule has 0 bridgehead atoms. The Morgan fingerprint density at radius 1 is 1.22 bits per heavy atom. The fourth-order valence-corrected chi connectivity index (χ4v) is 3.67. The molecule has 0 saturated carbocycles. The minimum Gasteiger partial charge on any atom is -0.493 e. The quantitative estimate of drug-likeness (QED) is 0.370. The molecule has 0 fully saturated rings. The van der Waals surface area contributed by atoms with E-state index < -0.39 is 17.6 Å².